The fourth-order valence-corrected chi connectivity index (χ4v) is 2.00. The van der Waals surface area contributed by atoms with E-state index in [2.05, 4.69) is 9.97 Å². The van der Waals surface area contributed by atoms with Crippen LogP contribution in [0.3, 0.4) is 0 Å². The van der Waals surface area contributed by atoms with Gasteiger partial charge in [0.15, 0.2) is 11.7 Å². The van der Waals surface area contributed by atoms with Crippen LogP contribution in [0.1, 0.15) is 5.69 Å². The van der Waals surface area contributed by atoms with Crippen molar-refractivity contribution in [3.05, 3.63) is 35.5 Å². The van der Waals surface area contributed by atoms with Gasteiger partial charge in [-0.2, -0.15) is 13.2 Å². The lowest BCUT2D eigenvalue weighted by Crippen LogP contribution is -2.31. The smallest absolute Gasteiger partial charge is 0.433 e. The highest BCUT2D eigenvalue weighted by Gasteiger charge is 2.32. The van der Waals surface area contributed by atoms with Crippen LogP contribution >= 0.6 is 11.3 Å². The monoisotopic (exact) mass is 317 g/mol. The van der Waals surface area contributed by atoms with Crippen molar-refractivity contribution in [2.75, 3.05) is 18.6 Å². The Morgan fingerprint density at radius 2 is 2.19 bits per heavy atom. The molecule has 5 nitrogen and oxygen atoms in total. The Labute approximate surface area is 122 Å². The quantitative estimate of drug-likeness (QED) is 0.870. The van der Waals surface area contributed by atoms with Crippen molar-refractivity contribution in [3.63, 3.8) is 0 Å². The topological polar surface area (TPSA) is 55.3 Å². The summed E-state index contributed by atoms with van der Waals surface area (Å²) in [7, 11) is 1.50. The molecule has 0 spiro atoms. The SMILES string of the molecule is CN(C(=O)COc1cccc(C(F)(F)F)n1)c1nccs1. The number of pyridine rings is 1. The van der Waals surface area contributed by atoms with Gasteiger partial charge < -0.3 is 4.74 Å². The summed E-state index contributed by atoms with van der Waals surface area (Å²) in [5.41, 5.74) is -1.07. The summed E-state index contributed by atoms with van der Waals surface area (Å²) >= 11 is 1.26. The van der Waals surface area contributed by atoms with E-state index in [4.69, 9.17) is 4.74 Å². The Balaban J connectivity index is 1.98. The zero-order valence-corrected chi connectivity index (χ0v) is 11.6. The molecule has 0 radical (unpaired) electrons. The zero-order valence-electron chi connectivity index (χ0n) is 10.8. The number of alkyl halides is 3. The van der Waals surface area contributed by atoms with Gasteiger partial charge >= 0.3 is 6.18 Å². The first-order chi connectivity index (χ1) is 9.88. The minimum atomic E-state index is -4.55. The molecule has 0 bridgehead atoms. The van der Waals surface area contributed by atoms with Gasteiger partial charge in [-0.25, -0.2) is 9.97 Å². The normalized spacial score (nSPS) is 11.2. The summed E-state index contributed by atoms with van der Waals surface area (Å²) < 4.78 is 42.4. The second-order valence-electron chi connectivity index (χ2n) is 3.91. The lowest BCUT2D eigenvalue weighted by atomic mass is 10.3. The molecule has 0 saturated heterocycles. The molecular formula is C12H10F3N3O2S. The van der Waals surface area contributed by atoms with Crippen LogP contribution in [-0.2, 0) is 11.0 Å². The van der Waals surface area contributed by atoms with Crippen LogP contribution in [0, 0.1) is 0 Å². The molecule has 2 heterocycles. The predicted molar refractivity (Wildman–Crippen MR) is 70.3 cm³/mol. The summed E-state index contributed by atoms with van der Waals surface area (Å²) in [5.74, 6) is -0.699. The molecule has 0 unspecified atom stereocenters. The number of hydrogen-bond donors (Lipinski definition) is 0. The standard InChI is InChI=1S/C12H10F3N3O2S/c1-18(11-16-5-6-21-11)10(19)7-20-9-4-2-3-8(17-9)12(13,14)15/h2-6H,7H2,1H3. The number of halogens is 3. The number of nitrogens with zero attached hydrogens (tertiary/aromatic N) is 3. The first kappa shape index (κ1) is 15.2. The van der Waals surface area contributed by atoms with Crippen molar-refractivity contribution in [3.8, 4) is 5.88 Å². The maximum atomic E-state index is 12.5. The van der Waals surface area contributed by atoms with Gasteiger partial charge in [0.25, 0.3) is 5.91 Å². The molecule has 112 valence electrons. The van der Waals surface area contributed by atoms with Crippen molar-refractivity contribution in [2.45, 2.75) is 6.18 Å². The zero-order chi connectivity index (χ0) is 15.5. The van der Waals surface area contributed by atoms with Gasteiger partial charge in [0, 0.05) is 24.7 Å². The van der Waals surface area contributed by atoms with E-state index < -0.39 is 24.4 Å². The van der Waals surface area contributed by atoms with Crippen LogP contribution in [0.2, 0.25) is 0 Å². The van der Waals surface area contributed by atoms with E-state index in [0.717, 1.165) is 6.07 Å². The molecule has 0 saturated carbocycles. The van der Waals surface area contributed by atoms with Gasteiger partial charge in [-0.15, -0.1) is 11.3 Å². The Morgan fingerprint density at radius 1 is 1.43 bits per heavy atom. The molecule has 0 aliphatic carbocycles. The average molecular weight is 317 g/mol. The first-order valence-corrected chi connectivity index (χ1v) is 6.59. The molecule has 2 rings (SSSR count). The second kappa shape index (κ2) is 6.08. The minimum Gasteiger partial charge on any atom is -0.468 e. The van der Waals surface area contributed by atoms with Gasteiger partial charge in [0.2, 0.25) is 5.88 Å². The van der Waals surface area contributed by atoms with Gasteiger partial charge in [0.1, 0.15) is 5.69 Å². The average Bonchev–Trinajstić information content (AvgIpc) is 2.97. The molecule has 0 atom stereocenters. The predicted octanol–water partition coefficient (Wildman–Crippen LogP) is 2.60. The number of thiazole rings is 1. The van der Waals surface area contributed by atoms with Crippen LogP contribution in [-0.4, -0.2) is 29.5 Å². The Kier molecular flexibility index (Phi) is 4.41. The molecule has 2 aromatic heterocycles. The van der Waals surface area contributed by atoms with Crippen LogP contribution in [0.15, 0.2) is 29.8 Å². The number of aromatic nitrogens is 2. The summed E-state index contributed by atoms with van der Waals surface area (Å²) in [4.78, 5) is 20.3. The molecule has 0 N–H and O–H groups in total. The van der Waals surface area contributed by atoms with E-state index in [1.54, 1.807) is 11.6 Å². The van der Waals surface area contributed by atoms with E-state index >= 15 is 0 Å². The molecule has 0 aliphatic rings. The number of ether oxygens (including phenoxy) is 1. The van der Waals surface area contributed by atoms with E-state index in [9.17, 15) is 18.0 Å². The Morgan fingerprint density at radius 3 is 2.81 bits per heavy atom. The third-order valence-corrected chi connectivity index (χ3v) is 3.29. The van der Waals surface area contributed by atoms with Gasteiger partial charge in [-0.05, 0) is 6.07 Å². The van der Waals surface area contributed by atoms with Crippen molar-refractivity contribution in [2.24, 2.45) is 0 Å². The van der Waals surface area contributed by atoms with Crippen molar-refractivity contribution in [1.29, 1.82) is 0 Å². The van der Waals surface area contributed by atoms with E-state index in [1.165, 1.54) is 35.4 Å². The van der Waals surface area contributed by atoms with Crippen molar-refractivity contribution >= 4 is 22.4 Å². The number of carbonyl (C=O) groups excluding carboxylic acids is 1. The van der Waals surface area contributed by atoms with Crippen molar-refractivity contribution < 1.29 is 22.7 Å². The van der Waals surface area contributed by atoms with Gasteiger partial charge in [0.05, 0.1) is 0 Å². The first-order valence-electron chi connectivity index (χ1n) is 5.71. The highest BCUT2D eigenvalue weighted by molar-refractivity contribution is 7.13. The molecule has 0 aliphatic heterocycles. The largest absolute Gasteiger partial charge is 0.468 e. The maximum absolute atomic E-state index is 12.5. The summed E-state index contributed by atoms with van der Waals surface area (Å²) in [6.45, 7) is -0.426. The lowest BCUT2D eigenvalue weighted by molar-refractivity contribution is -0.141. The summed E-state index contributed by atoms with van der Waals surface area (Å²) in [6, 6.07) is 3.25. The third kappa shape index (κ3) is 3.91. The lowest BCUT2D eigenvalue weighted by Gasteiger charge is -2.14. The van der Waals surface area contributed by atoms with Crippen LogP contribution in [0.25, 0.3) is 0 Å². The number of likely N-dealkylation sites (N-methyl/N-ethyl adjacent to an activating group) is 1. The summed E-state index contributed by atoms with van der Waals surface area (Å²) in [6.07, 6.45) is -3.01. The molecule has 1 amide bonds. The van der Waals surface area contributed by atoms with Crippen LogP contribution in [0.5, 0.6) is 5.88 Å². The maximum Gasteiger partial charge on any atom is 0.433 e. The third-order valence-electron chi connectivity index (χ3n) is 2.44. The van der Waals surface area contributed by atoms with Crippen LogP contribution in [0.4, 0.5) is 18.3 Å². The molecule has 9 heteroatoms. The number of carbonyl (C=O) groups is 1. The Bertz CT molecular complexity index is 616. The van der Waals surface area contributed by atoms with Crippen LogP contribution < -0.4 is 9.64 Å². The number of hydrogen-bond acceptors (Lipinski definition) is 5. The van der Waals surface area contributed by atoms with E-state index in [0.29, 0.717) is 5.13 Å². The molecular weight excluding hydrogens is 307 g/mol. The fraction of sp³-hybridized carbons (Fsp3) is 0.250. The second-order valence-corrected chi connectivity index (χ2v) is 4.79. The van der Waals surface area contributed by atoms with Crippen molar-refractivity contribution in [1.82, 2.24) is 9.97 Å². The van der Waals surface area contributed by atoms with E-state index in [-0.39, 0.29) is 5.88 Å². The molecule has 0 aromatic carbocycles. The van der Waals surface area contributed by atoms with Gasteiger partial charge in [-0.1, -0.05) is 6.07 Å². The summed E-state index contributed by atoms with van der Waals surface area (Å²) in [5, 5.41) is 2.18. The number of amides is 1. The van der Waals surface area contributed by atoms with Gasteiger partial charge in [-0.3, -0.25) is 9.69 Å². The number of rotatable bonds is 4. The highest BCUT2D eigenvalue weighted by atomic mass is 32.1. The molecule has 0 fully saturated rings. The fourth-order valence-electron chi connectivity index (χ4n) is 1.37. The highest BCUT2D eigenvalue weighted by Crippen LogP contribution is 2.28. The molecule has 2 aromatic rings. The number of anilines is 1. The molecule has 21 heavy (non-hydrogen) atoms. The van der Waals surface area contributed by atoms with E-state index in [1.807, 2.05) is 0 Å². The minimum absolute atomic E-state index is 0.259. The Hall–Kier alpha value is -2.16.